The number of rotatable bonds is 9. The minimum absolute atomic E-state index is 0.0246. The number of anilines is 2. The third-order valence-corrected chi connectivity index (χ3v) is 8.40. The summed E-state index contributed by atoms with van der Waals surface area (Å²) in [5.74, 6) is 0.0482. The molecule has 0 fully saturated rings. The summed E-state index contributed by atoms with van der Waals surface area (Å²) in [4.78, 5) is 12.4. The summed E-state index contributed by atoms with van der Waals surface area (Å²) in [5, 5.41) is 10.5. The molecule has 3 aromatic rings. The first kappa shape index (κ1) is 27.0. The van der Waals surface area contributed by atoms with E-state index in [1.807, 2.05) is 6.92 Å². The number of carbonyl (C=O) groups is 1. The number of carbonyl (C=O) groups excluding carboxylic acids is 1. The van der Waals surface area contributed by atoms with Gasteiger partial charge < -0.3 is 0 Å². The first-order chi connectivity index (χ1) is 16.5. The molecule has 1 aromatic heterocycles. The summed E-state index contributed by atoms with van der Waals surface area (Å²) in [6.45, 7) is 5.13. The number of hydrogen-bond acceptors (Lipinski definition) is 7. The Balaban J connectivity index is 1.97. The lowest BCUT2D eigenvalue weighted by Crippen LogP contribution is -2.31. The van der Waals surface area contributed by atoms with Gasteiger partial charge in [0.15, 0.2) is 4.34 Å². The van der Waals surface area contributed by atoms with Crippen LogP contribution >= 0.6 is 34.7 Å². The van der Waals surface area contributed by atoms with Crippen LogP contribution in [-0.4, -0.2) is 36.8 Å². The molecule has 0 bridgehead atoms. The van der Waals surface area contributed by atoms with Gasteiger partial charge in [-0.3, -0.25) is 14.4 Å². The summed E-state index contributed by atoms with van der Waals surface area (Å²) >= 11 is 8.73. The van der Waals surface area contributed by atoms with Gasteiger partial charge in [-0.15, -0.1) is 16.8 Å². The van der Waals surface area contributed by atoms with Gasteiger partial charge in [-0.25, -0.2) is 8.42 Å². The van der Waals surface area contributed by atoms with Gasteiger partial charge in [-0.2, -0.15) is 13.2 Å². The van der Waals surface area contributed by atoms with Crippen molar-refractivity contribution in [1.82, 2.24) is 10.2 Å². The largest absolute Gasteiger partial charge is 0.416 e. The fourth-order valence-electron chi connectivity index (χ4n) is 2.87. The first-order valence-corrected chi connectivity index (χ1v) is 13.5. The van der Waals surface area contributed by atoms with Gasteiger partial charge in [-0.05, 0) is 42.2 Å². The highest BCUT2D eigenvalue weighted by atomic mass is 35.5. The highest BCUT2D eigenvalue weighted by Crippen LogP contribution is 2.34. The van der Waals surface area contributed by atoms with Crippen molar-refractivity contribution < 1.29 is 26.4 Å². The predicted octanol–water partition coefficient (Wildman–Crippen LogP) is 5.96. The highest BCUT2D eigenvalue weighted by Gasteiger charge is 2.32. The second kappa shape index (κ2) is 11.0. The number of nitrogens with one attached hydrogen (secondary N) is 1. The zero-order valence-corrected chi connectivity index (χ0v) is 21.2. The number of nitrogens with zero attached hydrogens (tertiary/aromatic N) is 3. The first-order valence-electron chi connectivity index (χ1n) is 9.85. The Kier molecular flexibility index (Phi) is 8.46. The molecule has 0 saturated heterocycles. The van der Waals surface area contributed by atoms with E-state index in [1.165, 1.54) is 36.0 Å². The van der Waals surface area contributed by atoms with Crippen LogP contribution < -0.4 is 9.62 Å². The maximum atomic E-state index is 13.4. The van der Waals surface area contributed by atoms with Crippen LogP contribution in [0.3, 0.4) is 0 Å². The molecule has 7 nitrogen and oxygen atoms in total. The van der Waals surface area contributed by atoms with E-state index in [0.717, 1.165) is 45.7 Å². The minimum atomic E-state index is -4.66. The number of aromatic nitrogens is 2. The number of benzene rings is 2. The molecule has 35 heavy (non-hydrogen) atoms. The van der Waals surface area contributed by atoms with Crippen LogP contribution in [0.2, 0.25) is 5.02 Å². The van der Waals surface area contributed by atoms with Gasteiger partial charge in [-0.1, -0.05) is 53.8 Å². The van der Waals surface area contributed by atoms with Crippen LogP contribution in [0.15, 0.2) is 64.4 Å². The maximum Gasteiger partial charge on any atom is 0.416 e. The van der Waals surface area contributed by atoms with Crippen LogP contribution in [0.4, 0.5) is 24.0 Å². The van der Waals surface area contributed by atoms with Crippen molar-refractivity contribution in [2.24, 2.45) is 0 Å². The quantitative estimate of drug-likeness (QED) is 0.197. The third kappa shape index (κ3) is 6.34. The van der Waals surface area contributed by atoms with Crippen molar-refractivity contribution in [2.45, 2.75) is 22.3 Å². The summed E-state index contributed by atoms with van der Waals surface area (Å²) in [5.41, 5.74) is -1.38. The van der Waals surface area contributed by atoms with Gasteiger partial charge >= 0.3 is 6.18 Å². The number of amides is 1. The van der Waals surface area contributed by atoms with Gasteiger partial charge in [0.05, 0.1) is 33.3 Å². The molecule has 0 unspecified atom stereocenters. The number of thioether (sulfide) groups is 1. The van der Waals surface area contributed by atoms with E-state index in [0.29, 0.717) is 4.34 Å². The van der Waals surface area contributed by atoms with Crippen LogP contribution in [0.25, 0.3) is 0 Å². The summed E-state index contributed by atoms with van der Waals surface area (Å²) in [6, 6.07) is 7.36. The molecule has 0 spiro atoms. The minimum Gasteiger partial charge on any atom is -0.296 e. The van der Waals surface area contributed by atoms with E-state index in [1.54, 1.807) is 0 Å². The average Bonchev–Trinajstić information content (AvgIpc) is 3.24. The van der Waals surface area contributed by atoms with Crippen molar-refractivity contribution in [1.29, 1.82) is 0 Å². The predicted molar refractivity (Wildman–Crippen MR) is 132 cm³/mol. The van der Waals surface area contributed by atoms with Crippen LogP contribution in [0.5, 0.6) is 0 Å². The lowest BCUT2D eigenvalue weighted by atomic mass is 10.2. The third-order valence-electron chi connectivity index (χ3n) is 4.42. The van der Waals surface area contributed by atoms with Crippen molar-refractivity contribution in [3.63, 3.8) is 0 Å². The Morgan fingerprint density at radius 1 is 1.26 bits per heavy atom. The average molecular weight is 563 g/mol. The fraction of sp³-hybridized carbons (Fsp3) is 0.190. The molecule has 0 saturated carbocycles. The van der Waals surface area contributed by atoms with Gasteiger partial charge in [0, 0.05) is 0 Å². The molecule has 1 amide bonds. The Morgan fingerprint density at radius 3 is 2.66 bits per heavy atom. The standard InChI is InChI=1S/C21H18ClF3N4O3S3/c1-3-10-29(14-7-5-6-13(11-14)21(23,24)25)35(31,32)15-8-9-17(22)16(12-15)18(30)26-19-27-28-20(34-19)33-4-2/h3,5-9,11-12H,1,4,10H2,2H3,(H,26,27,30). The van der Waals surface area contributed by atoms with Crippen LogP contribution in [-0.2, 0) is 16.2 Å². The van der Waals surface area contributed by atoms with Crippen LogP contribution in [0.1, 0.15) is 22.8 Å². The Hall–Kier alpha value is -2.61. The molecule has 0 aliphatic carbocycles. The van der Waals surface area contributed by atoms with E-state index in [-0.39, 0.29) is 32.8 Å². The summed E-state index contributed by atoms with van der Waals surface area (Å²) in [6.07, 6.45) is -3.42. The molecule has 0 aliphatic rings. The van der Waals surface area contributed by atoms with Crippen molar-refractivity contribution in [3.05, 3.63) is 71.3 Å². The van der Waals surface area contributed by atoms with Crippen molar-refractivity contribution in [2.75, 3.05) is 21.9 Å². The highest BCUT2D eigenvalue weighted by molar-refractivity contribution is 8.01. The molecule has 2 aromatic carbocycles. The maximum absolute atomic E-state index is 13.4. The molecule has 1 heterocycles. The molecule has 1 N–H and O–H groups in total. The normalized spacial score (nSPS) is 11.8. The summed E-state index contributed by atoms with van der Waals surface area (Å²) < 4.78 is 67.8. The fourth-order valence-corrected chi connectivity index (χ4v) is 6.17. The number of hydrogen-bond donors (Lipinski definition) is 1. The van der Waals surface area contributed by atoms with Crippen molar-refractivity contribution in [3.8, 4) is 0 Å². The van der Waals surface area contributed by atoms with Crippen molar-refractivity contribution >= 4 is 61.4 Å². The molecule has 3 rings (SSSR count). The van der Waals surface area contributed by atoms with E-state index < -0.39 is 27.7 Å². The monoisotopic (exact) mass is 562 g/mol. The lowest BCUT2D eigenvalue weighted by Gasteiger charge is -2.24. The zero-order valence-electron chi connectivity index (χ0n) is 18.0. The molecule has 14 heteroatoms. The number of halogens is 4. The van der Waals surface area contributed by atoms with E-state index in [4.69, 9.17) is 11.6 Å². The Morgan fingerprint density at radius 2 is 2.00 bits per heavy atom. The second-order valence-electron chi connectivity index (χ2n) is 6.77. The molecular weight excluding hydrogens is 545 g/mol. The summed E-state index contributed by atoms with van der Waals surface area (Å²) in [7, 11) is -4.40. The van der Waals surface area contributed by atoms with Gasteiger partial charge in [0.25, 0.3) is 15.9 Å². The molecule has 0 radical (unpaired) electrons. The van der Waals surface area contributed by atoms with E-state index in [9.17, 15) is 26.4 Å². The van der Waals surface area contributed by atoms with E-state index in [2.05, 4.69) is 22.1 Å². The molecule has 186 valence electrons. The smallest absolute Gasteiger partial charge is 0.296 e. The van der Waals surface area contributed by atoms with Crippen LogP contribution in [0, 0.1) is 0 Å². The molecule has 0 aliphatic heterocycles. The molecule has 0 atom stereocenters. The second-order valence-corrected chi connectivity index (χ2v) is 11.5. The number of sulfonamides is 1. The van der Waals surface area contributed by atoms with Gasteiger partial charge in [0.2, 0.25) is 5.13 Å². The zero-order chi connectivity index (χ0) is 25.8. The Bertz CT molecular complexity index is 1350. The van der Waals surface area contributed by atoms with Gasteiger partial charge in [0.1, 0.15) is 0 Å². The Labute approximate surface area is 213 Å². The SMILES string of the molecule is C=CCN(c1cccc(C(F)(F)F)c1)S(=O)(=O)c1ccc(Cl)c(C(=O)Nc2nnc(SCC)s2)c1. The number of alkyl halides is 3. The molecular formula is C21H18ClF3N4O3S3. The lowest BCUT2D eigenvalue weighted by molar-refractivity contribution is -0.137. The van der Waals surface area contributed by atoms with E-state index >= 15 is 0 Å². The topological polar surface area (TPSA) is 92.3 Å².